The Labute approximate surface area is 187 Å². The van der Waals surface area contributed by atoms with Gasteiger partial charge in [-0.05, 0) is 84.4 Å². The van der Waals surface area contributed by atoms with Gasteiger partial charge in [-0.15, -0.1) is 0 Å². The second-order valence-corrected chi connectivity index (χ2v) is 10.7. The second kappa shape index (κ2) is 8.76. The molecule has 1 aromatic carbocycles. The lowest BCUT2D eigenvalue weighted by Crippen LogP contribution is -2.49. The van der Waals surface area contributed by atoms with Crippen molar-refractivity contribution in [3.05, 3.63) is 28.8 Å². The second-order valence-electron chi connectivity index (χ2n) is 10.7. The summed E-state index contributed by atoms with van der Waals surface area (Å²) in [6, 6.07) is 4.19. The van der Waals surface area contributed by atoms with Crippen molar-refractivity contribution in [2.75, 3.05) is 13.2 Å². The molecule has 1 unspecified atom stereocenters. The van der Waals surface area contributed by atoms with Crippen LogP contribution in [-0.4, -0.2) is 53.5 Å². The fraction of sp³-hybridized carbons (Fsp3) is 0.708. The Morgan fingerprint density at radius 3 is 2.55 bits per heavy atom. The van der Waals surface area contributed by atoms with Crippen LogP contribution in [0.15, 0.2) is 12.1 Å². The SMILES string of the molecule is CC(C)(C)OC(=O)N1CCCC1c1cc([B]OC(C)(C)C(C)(C)O)cc2c1COCC2. The quantitative estimate of drug-likeness (QED) is 0.723. The van der Waals surface area contributed by atoms with Crippen LogP contribution in [0.2, 0.25) is 0 Å². The molecule has 6 nitrogen and oxygen atoms in total. The molecule has 2 heterocycles. The van der Waals surface area contributed by atoms with Crippen molar-refractivity contribution in [3.8, 4) is 0 Å². The molecule has 31 heavy (non-hydrogen) atoms. The van der Waals surface area contributed by atoms with Crippen LogP contribution in [0.25, 0.3) is 0 Å². The molecule has 1 saturated heterocycles. The van der Waals surface area contributed by atoms with Gasteiger partial charge in [-0.25, -0.2) is 4.79 Å². The predicted molar refractivity (Wildman–Crippen MR) is 122 cm³/mol. The molecule has 3 rings (SSSR count). The number of hydrogen-bond acceptors (Lipinski definition) is 5. The highest BCUT2D eigenvalue weighted by atomic mass is 16.6. The highest BCUT2D eigenvalue weighted by molar-refractivity contribution is 6.47. The number of ether oxygens (including phenoxy) is 2. The molecule has 1 aromatic rings. The minimum absolute atomic E-state index is 0.0408. The number of hydrogen-bond donors (Lipinski definition) is 1. The first kappa shape index (κ1) is 24.1. The molecule has 1 atom stereocenters. The van der Waals surface area contributed by atoms with Gasteiger partial charge < -0.3 is 24.1 Å². The number of likely N-dealkylation sites (tertiary alicyclic amines) is 1. The molecule has 1 radical (unpaired) electrons. The van der Waals surface area contributed by atoms with Crippen LogP contribution in [0.5, 0.6) is 0 Å². The number of benzene rings is 1. The summed E-state index contributed by atoms with van der Waals surface area (Å²) in [7, 11) is 1.73. The number of nitrogens with zero attached hydrogens (tertiary/aromatic N) is 1. The van der Waals surface area contributed by atoms with Crippen LogP contribution >= 0.6 is 0 Å². The third-order valence-electron chi connectivity index (χ3n) is 6.36. The van der Waals surface area contributed by atoms with Crippen LogP contribution in [0, 0.1) is 0 Å². The zero-order valence-corrected chi connectivity index (χ0v) is 20.1. The zero-order chi connectivity index (χ0) is 23.0. The van der Waals surface area contributed by atoms with Crippen molar-refractivity contribution in [2.24, 2.45) is 0 Å². The maximum absolute atomic E-state index is 12.9. The molecular weight excluding hydrogens is 393 g/mol. The van der Waals surface area contributed by atoms with E-state index in [0.717, 1.165) is 30.3 Å². The van der Waals surface area contributed by atoms with Crippen molar-refractivity contribution in [2.45, 2.75) is 97.2 Å². The summed E-state index contributed by atoms with van der Waals surface area (Å²) in [5.41, 5.74) is 2.18. The molecule has 1 amide bonds. The van der Waals surface area contributed by atoms with Crippen LogP contribution < -0.4 is 5.46 Å². The summed E-state index contributed by atoms with van der Waals surface area (Å²) < 4.78 is 17.5. The van der Waals surface area contributed by atoms with E-state index in [2.05, 4.69) is 12.1 Å². The van der Waals surface area contributed by atoms with Gasteiger partial charge in [0.1, 0.15) is 5.60 Å². The Bertz CT molecular complexity index is 809. The molecule has 0 spiro atoms. The molecular formula is C24H37BNO5. The van der Waals surface area contributed by atoms with E-state index in [1.807, 2.05) is 39.5 Å². The first-order chi connectivity index (χ1) is 14.3. The monoisotopic (exact) mass is 430 g/mol. The van der Waals surface area contributed by atoms with Crippen LogP contribution in [0.3, 0.4) is 0 Å². The average molecular weight is 430 g/mol. The Balaban J connectivity index is 1.90. The van der Waals surface area contributed by atoms with E-state index < -0.39 is 16.8 Å². The molecule has 2 aliphatic heterocycles. The Morgan fingerprint density at radius 2 is 1.90 bits per heavy atom. The van der Waals surface area contributed by atoms with Crippen molar-refractivity contribution in [3.63, 3.8) is 0 Å². The maximum Gasteiger partial charge on any atom is 0.410 e. The van der Waals surface area contributed by atoms with Gasteiger partial charge in [0.2, 0.25) is 0 Å². The fourth-order valence-corrected chi connectivity index (χ4v) is 3.89. The molecule has 0 aliphatic carbocycles. The van der Waals surface area contributed by atoms with E-state index in [-0.39, 0.29) is 12.1 Å². The van der Waals surface area contributed by atoms with E-state index in [1.54, 1.807) is 21.3 Å². The smallest absolute Gasteiger partial charge is 0.410 e. The average Bonchev–Trinajstić information content (AvgIpc) is 3.13. The van der Waals surface area contributed by atoms with Gasteiger partial charge in [0.25, 0.3) is 0 Å². The van der Waals surface area contributed by atoms with Crippen molar-refractivity contribution in [1.82, 2.24) is 4.90 Å². The number of fused-ring (bicyclic) bond motifs is 1. The maximum atomic E-state index is 12.9. The molecule has 0 aromatic heterocycles. The van der Waals surface area contributed by atoms with Gasteiger partial charge in [0.05, 0.1) is 30.5 Å². The number of carbonyl (C=O) groups is 1. The van der Waals surface area contributed by atoms with Gasteiger partial charge in [-0.2, -0.15) is 0 Å². The van der Waals surface area contributed by atoms with Crippen molar-refractivity contribution < 1.29 is 24.0 Å². The molecule has 0 bridgehead atoms. The summed E-state index contributed by atoms with van der Waals surface area (Å²) in [6.07, 6.45) is 2.40. The molecule has 1 fully saturated rings. The zero-order valence-electron chi connectivity index (χ0n) is 20.1. The molecule has 7 heteroatoms. The standard InChI is InChI=1S/C24H37BNO5/c1-22(2,3)30-21(27)26-11-8-9-20(26)18-14-17(13-16-10-12-29-15-19(16)18)25-31-24(6,7)23(4,5)28/h13-14,20,28H,8-12,15H2,1-7H3. The number of carbonyl (C=O) groups excluding carboxylic acids is 1. The van der Waals surface area contributed by atoms with E-state index >= 15 is 0 Å². The van der Waals surface area contributed by atoms with Crippen LogP contribution in [0.4, 0.5) is 4.79 Å². The third-order valence-corrected chi connectivity index (χ3v) is 6.36. The Kier molecular flexibility index (Phi) is 6.80. The van der Waals surface area contributed by atoms with E-state index in [4.69, 9.17) is 14.1 Å². The summed E-state index contributed by atoms with van der Waals surface area (Å²) in [5.74, 6) is 0. The number of rotatable bonds is 5. The highest BCUT2D eigenvalue weighted by Gasteiger charge is 2.37. The number of aliphatic hydroxyl groups is 1. The Morgan fingerprint density at radius 1 is 1.19 bits per heavy atom. The summed E-state index contributed by atoms with van der Waals surface area (Å²) >= 11 is 0. The molecule has 2 aliphatic rings. The third kappa shape index (κ3) is 5.63. The van der Waals surface area contributed by atoms with Gasteiger partial charge in [0.15, 0.2) is 0 Å². The molecule has 171 valence electrons. The Hall–Kier alpha value is -1.57. The van der Waals surface area contributed by atoms with Gasteiger partial charge in [0, 0.05) is 6.54 Å². The van der Waals surface area contributed by atoms with Gasteiger partial charge >= 0.3 is 13.6 Å². The minimum Gasteiger partial charge on any atom is -0.444 e. The normalized spacial score (nSPS) is 19.9. The van der Waals surface area contributed by atoms with E-state index in [1.165, 1.54) is 11.1 Å². The molecule has 0 saturated carbocycles. The van der Waals surface area contributed by atoms with Gasteiger partial charge in [-0.1, -0.05) is 17.6 Å². The minimum atomic E-state index is -0.993. The fourth-order valence-electron chi connectivity index (χ4n) is 3.89. The molecule has 1 N–H and O–H groups in total. The summed E-state index contributed by atoms with van der Waals surface area (Å²) in [6.45, 7) is 14.8. The largest absolute Gasteiger partial charge is 0.444 e. The first-order valence-corrected chi connectivity index (χ1v) is 11.2. The summed E-state index contributed by atoms with van der Waals surface area (Å²) in [4.78, 5) is 14.7. The highest BCUT2D eigenvalue weighted by Crippen LogP contribution is 2.37. The first-order valence-electron chi connectivity index (χ1n) is 11.2. The lowest BCUT2D eigenvalue weighted by molar-refractivity contribution is -0.0893. The summed E-state index contributed by atoms with van der Waals surface area (Å²) in [5, 5.41) is 10.4. The lowest BCUT2D eigenvalue weighted by atomic mass is 9.78. The van der Waals surface area contributed by atoms with Crippen molar-refractivity contribution in [1.29, 1.82) is 0 Å². The van der Waals surface area contributed by atoms with Crippen LogP contribution in [0.1, 0.15) is 84.0 Å². The van der Waals surface area contributed by atoms with Crippen LogP contribution in [-0.2, 0) is 27.2 Å². The van der Waals surface area contributed by atoms with E-state index in [0.29, 0.717) is 19.8 Å². The van der Waals surface area contributed by atoms with Crippen molar-refractivity contribution >= 4 is 19.0 Å². The van der Waals surface area contributed by atoms with E-state index in [9.17, 15) is 9.90 Å². The number of amides is 1. The van der Waals surface area contributed by atoms with Gasteiger partial charge in [-0.3, -0.25) is 0 Å². The topological polar surface area (TPSA) is 68.2 Å². The predicted octanol–water partition coefficient (Wildman–Crippen LogP) is 3.64. The lowest BCUT2D eigenvalue weighted by Gasteiger charge is -2.37.